The Bertz CT molecular complexity index is 1020. The van der Waals surface area contributed by atoms with E-state index in [2.05, 4.69) is 4.98 Å². The number of aromatic nitrogens is 1. The van der Waals surface area contributed by atoms with Gasteiger partial charge in [0.05, 0.1) is 11.3 Å². The van der Waals surface area contributed by atoms with Crippen LogP contribution >= 0.6 is 23.2 Å². The third-order valence-corrected chi connectivity index (χ3v) is 4.65. The summed E-state index contributed by atoms with van der Waals surface area (Å²) in [6, 6.07) is 16.6. The third kappa shape index (κ3) is 5.35. The summed E-state index contributed by atoms with van der Waals surface area (Å²) in [5, 5.41) is 31.2. The van der Waals surface area contributed by atoms with Crippen molar-refractivity contribution in [3.05, 3.63) is 106 Å². The van der Waals surface area contributed by atoms with Crippen molar-refractivity contribution in [2.24, 2.45) is 0 Å². The van der Waals surface area contributed by atoms with Crippen molar-refractivity contribution in [2.45, 2.75) is 6.10 Å². The van der Waals surface area contributed by atoms with Gasteiger partial charge in [-0.15, -0.1) is 0 Å². The minimum Gasteiger partial charge on any atom is -0.508 e. The average Bonchev–Trinajstić information content (AvgIpc) is 2.73. The number of pyridine rings is 1. The van der Waals surface area contributed by atoms with Crippen molar-refractivity contribution < 1.29 is 14.9 Å². The second kappa shape index (κ2) is 9.56. The van der Waals surface area contributed by atoms with Crippen molar-refractivity contribution >= 4 is 28.9 Å². The van der Waals surface area contributed by atoms with Crippen LogP contribution in [0.4, 0.5) is 0 Å². The van der Waals surface area contributed by atoms with Crippen molar-refractivity contribution in [3.63, 3.8) is 0 Å². The molecule has 3 aromatic rings. The molecular weight excluding hydrogens is 411 g/mol. The zero-order valence-corrected chi connectivity index (χ0v) is 16.7. The van der Waals surface area contributed by atoms with Crippen LogP contribution in [0.2, 0.25) is 10.0 Å². The molecule has 0 amide bonds. The van der Waals surface area contributed by atoms with Gasteiger partial charge in [-0.05, 0) is 36.4 Å². The topological polar surface area (TPSA) is 86.4 Å². The lowest BCUT2D eigenvalue weighted by atomic mass is 9.93. The summed E-state index contributed by atoms with van der Waals surface area (Å²) < 4.78 is 5.58. The Morgan fingerprint density at radius 1 is 1.03 bits per heavy atom. The number of halogens is 2. The number of benzene rings is 2. The smallest absolute Gasteiger partial charge is 0.145 e. The van der Waals surface area contributed by atoms with Crippen LogP contribution < -0.4 is 4.74 Å². The zero-order valence-electron chi connectivity index (χ0n) is 15.2. The Kier molecular flexibility index (Phi) is 6.88. The van der Waals surface area contributed by atoms with Gasteiger partial charge in [-0.2, -0.15) is 0 Å². The van der Waals surface area contributed by atoms with Crippen LogP contribution in [0, 0.1) is 5.41 Å². The number of hydrogen-bond acceptors (Lipinski definition) is 5. The van der Waals surface area contributed by atoms with E-state index in [0.29, 0.717) is 26.9 Å². The van der Waals surface area contributed by atoms with Gasteiger partial charge in [0.25, 0.3) is 0 Å². The standard InChI is InChI=1S/C22H18Cl2N2O3/c23-16-8-6-14(7-9-16)21(25)20(22(28)15-3-2-10-26-12-15)19(27)13-29-18-5-1-4-17(24)11-18/h1-12,22,25,27-28H,13H2/b20-19+,25-21?. The molecule has 1 aromatic heterocycles. The Morgan fingerprint density at radius 3 is 2.45 bits per heavy atom. The van der Waals surface area contributed by atoms with Gasteiger partial charge in [-0.1, -0.05) is 47.5 Å². The fraction of sp³-hybridized carbons (Fsp3) is 0.0909. The summed E-state index contributed by atoms with van der Waals surface area (Å²) >= 11 is 11.9. The number of aliphatic hydroxyl groups excluding tert-OH is 2. The second-order valence-electron chi connectivity index (χ2n) is 6.18. The van der Waals surface area contributed by atoms with Crippen LogP contribution in [-0.2, 0) is 0 Å². The summed E-state index contributed by atoms with van der Waals surface area (Å²) in [4.78, 5) is 4.00. The molecule has 0 fully saturated rings. The normalized spacial score (nSPS) is 12.8. The van der Waals surface area contributed by atoms with E-state index in [1.807, 2.05) is 0 Å². The average molecular weight is 429 g/mol. The molecule has 3 rings (SSSR count). The molecule has 2 aromatic carbocycles. The number of rotatable bonds is 7. The predicted molar refractivity (Wildman–Crippen MR) is 114 cm³/mol. The molecule has 0 radical (unpaired) electrons. The Hall–Kier alpha value is -2.86. The molecule has 3 N–H and O–H groups in total. The van der Waals surface area contributed by atoms with Crippen molar-refractivity contribution in [3.8, 4) is 5.75 Å². The first kappa shape index (κ1) is 20.9. The summed E-state index contributed by atoms with van der Waals surface area (Å²) in [5.41, 5.74) is 0.893. The molecule has 1 unspecified atom stereocenters. The van der Waals surface area contributed by atoms with E-state index in [-0.39, 0.29) is 23.7 Å². The van der Waals surface area contributed by atoms with E-state index in [9.17, 15) is 10.2 Å². The molecule has 0 bridgehead atoms. The minimum absolute atomic E-state index is 0.0161. The Labute approximate surface area is 178 Å². The maximum atomic E-state index is 10.9. The van der Waals surface area contributed by atoms with Gasteiger partial charge in [0.1, 0.15) is 24.2 Å². The SMILES string of the molecule is N=C(/C(=C(\O)COc1cccc(Cl)c1)C(O)c1cccnc1)c1ccc(Cl)cc1. The highest BCUT2D eigenvalue weighted by molar-refractivity contribution is 6.31. The van der Waals surface area contributed by atoms with Gasteiger partial charge >= 0.3 is 0 Å². The highest BCUT2D eigenvalue weighted by Crippen LogP contribution is 2.28. The van der Waals surface area contributed by atoms with E-state index in [4.69, 9.17) is 33.3 Å². The molecule has 0 saturated heterocycles. The largest absolute Gasteiger partial charge is 0.508 e. The molecule has 1 heterocycles. The first-order valence-electron chi connectivity index (χ1n) is 8.69. The molecule has 0 aliphatic carbocycles. The molecule has 148 valence electrons. The van der Waals surface area contributed by atoms with Crippen molar-refractivity contribution in [1.29, 1.82) is 5.41 Å². The molecule has 0 aliphatic heterocycles. The summed E-state index contributed by atoms with van der Waals surface area (Å²) in [6.07, 6.45) is 1.78. The zero-order chi connectivity index (χ0) is 20.8. The molecule has 1 atom stereocenters. The van der Waals surface area contributed by atoms with Gasteiger partial charge in [0, 0.05) is 33.6 Å². The molecule has 5 nitrogen and oxygen atoms in total. The van der Waals surface area contributed by atoms with Crippen molar-refractivity contribution in [1.82, 2.24) is 4.98 Å². The fourth-order valence-corrected chi connectivity index (χ4v) is 3.01. The quantitative estimate of drug-likeness (QED) is 0.348. The summed E-state index contributed by atoms with van der Waals surface area (Å²) in [7, 11) is 0. The highest BCUT2D eigenvalue weighted by atomic mass is 35.5. The fourth-order valence-electron chi connectivity index (χ4n) is 2.70. The number of ether oxygens (including phenoxy) is 1. The molecule has 7 heteroatoms. The molecular formula is C22H18Cl2N2O3. The summed E-state index contributed by atoms with van der Waals surface area (Å²) in [5.74, 6) is 0.179. The van der Waals surface area contributed by atoms with E-state index >= 15 is 0 Å². The van der Waals surface area contributed by atoms with E-state index < -0.39 is 6.10 Å². The lowest BCUT2D eigenvalue weighted by Gasteiger charge is -2.19. The molecule has 0 aliphatic rings. The van der Waals surface area contributed by atoms with E-state index in [1.54, 1.807) is 66.9 Å². The molecule has 0 spiro atoms. The number of nitrogens with zero attached hydrogens (tertiary/aromatic N) is 1. The van der Waals surface area contributed by atoms with Gasteiger partial charge in [-0.3, -0.25) is 10.4 Å². The van der Waals surface area contributed by atoms with Crippen molar-refractivity contribution in [2.75, 3.05) is 6.61 Å². The van der Waals surface area contributed by atoms with Crippen LogP contribution in [0.3, 0.4) is 0 Å². The minimum atomic E-state index is -1.27. The first-order chi connectivity index (χ1) is 14.0. The van der Waals surface area contributed by atoms with Crippen LogP contribution in [0.15, 0.2) is 84.4 Å². The maximum Gasteiger partial charge on any atom is 0.145 e. The maximum absolute atomic E-state index is 10.9. The van der Waals surface area contributed by atoms with Gasteiger partial charge in [-0.25, -0.2) is 0 Å². The predicted octanol–water partition coefficient (Wildman–Crippen LogP) is 5.38. The number of hydrogen-bond donors (Lipinski definition) is 3. The lowest BCUT2D eigenvalue weighted by Crippen LogP contribution is -2.18. The van der Waals surface area contributed by atoms with E-state index in [0.717, 1.165) is 0 Å². The second-order valence-corrected chi connectivity index (χ2v) is 7.05. The van der Waals surface area contributed by atoms with Gasteiger partial charge in [0.2, 0.25) is 0 Å². The number of aliphatic hydroxyl groups is 2. The third-order valence-electron chi connectivity index (χ3n) is 4.16. The van der Waals surface area contributed by atoms with Crippen LogP contribution in [-0.4, -0.2) is 27.5 Å². The first-order valence-corrected chi connectivity index (χ1v) is 9.44. The highest BCUT2D eigenvalue weighted by Gasteiger charge is 2.24. The Morgan fingerprint density at radius 2 is 1.79 bits per heavy atom. The van der Waals surface area contributed by atoms with Crippen LogP contribution in [0.5, 0.6) is 5.75 Å². The van der Waals surface area contributed by atoms with Crippen LogP contribution in [0.25, 0.3) is 0 Å². The monoisotopic (exact) mass is 428 g/mol. The van der Waals surface area contributed by atoms with Gasteiger partial charge < -0.3 is 14.9 Å². The lowest BCUT2D eigenvalue weighted by molar-refractivity contribution is 0.203. The molecule has 0 saturated carbocycles. The van der Waals surface area contributed by atoms with Gasteiger partial charge in [0.15, 0.2) is 0 Å². The summed E-state index contributed by atoms with van der Waals surface area (Å²) in [6.45, 7) is -0.247. The van der Waals surface area contributed by atoms with Crippen LogP contribution in [0.1, 0.15) is 17.2 Å². The number of nitrogens with one attached hydrogen (secondary N) is 1. The van der Waals surface area contributed by atoms with E-state index in [1.165, 1.54) is 6.20 Å². The Balaban J connectivity index is 1.95. The molecule has 29 heavy (non-hydrogen) atoms.